The van der Waals surface area contributed by atoms with Gasteiger partial charge in [-0.1, -0.05) is 13.8 Å². The first kappa shape index (κ1) is 7.03. The molecular formula is C7H16N2. The predicted molar refractivity (Wildman–Crippen MR) is 39.3 cm³/mol. The number of likely N-dealkylation sites (tertiary alicyclic amines) is 1. The first-order valence-corrected chi connectivity index (χ1v) is 3.72. The van der Waals surface area contributed by atoms with Gasteiger partial charge in [0, 0.05) is 19.1 Å². The topological polar surface area (TPSA) is 29.3 Å². The highest BCUT2D eigenvalue weighted by atomic mass is 15.2. The van der Waals surface area contributed by atoms with Crippen molar-refractivity contribution in [3.8, 4) is 0 Å². The van der Waals surface area contributed by atoms with Crippen LogP contribution in [0, 0.1) is 5.92 Å². The SMILES string of the molecule is CCN1C[C@@H](C)[C@@H](N)C1. The van der Waals surface area contributed by atoms with Gasteiger partial charge in [0.1, 0.15) is 0 Å². The van der Waals surface area contributed by atoms with Crippen molar-refractivity contribution in [2.24, 2.45) is 11.7 Å². The fraction of sp³-hybridized carbons (Fsp3) is 1.00. The molecular weight excluding hydrogens is 112 g/mol. The molecule has 1 heterocycles. The molecule has 2 N–H and O–H groups in total. The Balaban J connectivity index is 2.35. The highest BCUT2D eigenvalue weighted by molar-refractivity contribution is 4.82. The lowest BCUT2D eigenvalue weighted by molar-refractivity contribution is 0.345. The molecule has 1 fully saturated rings. The summed E-state index contributed by atoms with van der Waals surface area (Å²) in [5.74, 6) is 0.699. The average Bonchev–Trinajstić information content (AvgIpc) is 2.13. The zero-order valence-corrected chi connectivity index (χ0v) is 6.30. The fourth-order valence-electron chi connectivity index (χ4n) is 1.35. The zero-order chi connectivity index (χ0) is 6.85. The van der Waals surface area contributed by atoms with Crippen molar-refractivity contribution in [3.05, 3.63) is 0 Å². The van der Waals surface area contributed by atoms with Crippen molar-refractivity contribution in [1.29, 1.82) is 0 Å². The molecule has 0 radical (unpaired) electrons. The van der Waals surface area contributed by atoms with Gasteiger partial charge in [0.15, 0.2) is 0 Å². The molecule has 0 bridgehead atoms. The molecule has 0 aromatic rings. The van der Waals surface area contributed by atoms with Crippen molar-refractivity contribution >= 4 is 0 Å². The summed E-state index contributed by atoms with van der Waals surface area (Å²) in [6, 6.07) is 0.421. The number of likely N-dealkylation sites (N-methyl/N-ethyl adjacent to an activating group) is 1. The predicted octanol–water partition coefficient (Wildman–Crippen LogP) is 0.285. The third kappa shape index (κ3) is 1.43. The molecule has 54 valence electrons. The summed E-state index contributed by atoms with van der Waals surface area (Å²) >= 11 is 0. The molecule has 0 saturated carbocycles. The van der Waals surface area contributed by atoms with E-state index in [2.05, 4.69) is 18.7 Å². The molecule has 1 aliphatic rings. The molecule has 0 aromatic heterocycles. The molecule has 0 aliphatic carbocycles. The van der Waals surface area contributed by atoms with Gasteiger partial charge in [-0.3, -0.25) is 0 Å². The Morgan fingerprint density at radius 3 is 2.44 bits per heavy atom. The van der Waals surface area contributed by atoms with Gasteiger partial charge in [-0.05, 0) is 12.5 Å². The molecule has 0 aromatic carbocycles. The minimum Gasteiger partial charge on any atom is -0.326 e. The van der Waals surface area contributed by atoms with Crippen LogP contribution >= 0.6 is 0 Å². The molecule has 9 heavy (non-hydrogen) atoms. The second-order valence-electron chi connectivity index (χ2n) is 2.99. The Bertz CT molecular complexity index is 82.9. The van der Waals surface area contributed by atoms with Crippen molar-refractivity contribution in [2.45, 2.75) is 19.9 Å². The van der Waals surface area contributed by atoms with Crippen molar-refractivity contribution in [1.82, 2.24) is 4.90 Å². The van der Waals surface area contributed by atoms with Gasteiger partial charge in [-0.25, -0.2) is 0 Å². The molecule has 1 saturated heterocycles. The third-order valence-corrected chi connectivity index (χ3v) is 2.19. The smallest absolute Gasteiger partial charge is 0.0206 e. The lowest BCUT2D eigenvalue weighted by atomic mass is 10.1. The van der Waals surface area contributed by atoms with Crippen LogP contribution in [0.2, 0.25) is 0 Å². The molecule has 1 aliphatic heterocycles. The molecule has 0 spiro atoms. The summed E-state index contributed by atoms with van der Waals surface area (Å²) < 4.78 is 0. The lowest BCUT2D eigenvalue weighted by Crippen LogP contribution is -2.28. The normalized spacial score (nSPS) is 37.7. The Morgan fingerprint density at radius 1 is 1.56 bits per heavy atom. The average molecular weight is 128 g/mol. The third-order valence-electron chi connectivity index (χ3n) is 2.19. The van der Waals surface area contributed by atoms with E-state index in [1.54, 1.807) is 0 Å². The fourth-order valence-corrected chi connectivity index (χ4v) is 1.35. The van der Waals surface area contributed by atoms with E-state index in [1.165, 1.54) is 6.54 Å². The summed E-state index contributed by atoms with van der Waals surface area (Å²) in [5.41, 5.74) is 5.80. The van der Waals surface area contributed by atoms with Crippen molar-refractivity contribution in [3.63, 3.8) is 0 Å². The number of hydrogen-bond donors (Lipinski definition) is 1. The van der Waals surface area contributed by atoms with Gasteiger partial charge >= 0.3 is 0 Å². The van der Waals surface area contributed by atoms with E-state index >= 15 is 0 Å². The maximum atomic E-state index is 5.80. The van der Waals surface area contributed by atoms with Gasteiger partial charge in [-0.2, -0.15) is 0 Å². The quantitative estimate of drug-likeness (QED) is 0.550. The van der Waals surface area contributed by atoms with Gasteiger partial charge in [0.2, 0.25) is 0 Å². The maximum Gasteiger partial charge on any atom is 0.0206 e. The van der Waals surface area contributed by atoms with Gasteiger partial charge in [0.05, 0.1) is 0 Å². The zero-order valence-electron chi connectivity index (χ0n) is 6.30. The van der Waals surface area contributed by atoms with Crippen LogP contribution in [0.15, 0.2) is 0 Å². The summed E-state index contributed by atoms with van der Waals surface area (Å²) in [6.45, 7) is 7.85. The Morgan fingerprint density at radius 2 is 2.22 bits per heavy atom. The second kappa shape index (κ2) is 2.67. The van der Waals surface area contributed by atoms with Crippen LogP contribution in [-0.2, 0) is 0 Å². The molecule has 2 atom stereocenters. The van der Waals surface area contributed by atoms with Crippen LogP contribution in [0.25, 0.3) is 0 Å². The van der Waals surface area contributed by atoms with Crippen molar-refractivity contribution < 1.29 is 0 Å². The van der Waals surface area contributed by atoms with Crippen LogP contribution in [0.1, 0.15) is 13.8 Å². The largest absolute Gasteiger partial charge is 0.326 e. The first-order chi connectivity index (χ1) is 4.24. The highest BCUT2D eigenvalue weighted by Crippen LogP contribution is 2.12. The number of hydrogen-bond acceptors (Lipinski definition) is 2. The number of nitrogens with two attached hydrogens (primary N) is 1. The van der Waals surface area contributed by atoms with Crippen molar-refractivity contribution in [2.75, 3.05) is 19.6 Å². The molecule has 0 amide bonds. The Kier molecular flexibility index (Phi) is 2.09. The molecule has 2 heteroatoms. The number of nitrogens with zero attached hydrogens (tertiary/aromatic N) is 1. The van der Waals surface area contributed by atoms with Gasteiger partial charge in [0.25, 0.3) is 0 Å². The van der Waals surface area contributed by atoms with E-state index in [0.717, 1.165) is 13.1 Å². The summed E-state index contributed by atoms with van der Waals surface area (Å²) in [5, 5.41) is 0. The van der Waals surface area contributed by atoms with Gasteiger partial charge < -0.3 is 10.6 Å². The second-order valence-corrected chi connectivity index (χ2v) is 2.99. The first-order valence-electron chi connectivity index (χ1n) is 3.72. The van der Waals surface area contributed by atoms with E-state index < -0.39 is 0 Å². The summed E-state index contributed by atoms with van der Waals surface area (Å²) in [6.07, 6.45) is 0. The number of rotatable bonds is 1. The summed E-state index contributed by atoms with van der Waals surface area (Å²) in [4.78, 5) is 2.40. The standard InChI is InChI=1S/C7H16N2/c1-3-9-4-6(2)7(8)5-9/h6-7H,3-5,8H2,1-2H3/t6-,7+/m1/s1. The van der Waals surface area contributed by atoms with Gasteiger partial charge in [-0.15, -0.1) is 0 Å². The van der Waals surface area contributed by atoms with E-state index in [-0.39, 0.29) is 0 Å². The monoisotopic (exact) mass is 128 g/mol. The summed E-state index contributed by atoms with van der Waals surface area (Å²) in [7, 11) is 0. The Hall–Kier alpha value is -0.0800. The van der Waals surface area contributed by atoms with Crippen LogP contribution in [-0.4, -0.2) is 30.6 Å². The molecule has 0 unspecified atom stereocenters. The van der Waals surface area contributed by atoms with Crippen LogP contribution in [0.5, 0.6) is 0 Å². The van der Waals surface area contributed by atoms with E-state index in [4.69, 9.17) is 5.73 Å². The molecule has 1 rings (SSSR count). The Labute approximate surface area is 57.0 Å². The van der Waals surface area contributed by atoms with Crippen LogP contribution in [0.4, 0.5) is 0 Å². The highest BCUT2D eigenvalue weighted by Gasteiger charge is 2.24. The minimum absolute atomic E-state index is 0.421. The maximum absolute atomic E-state index is 5.80. The van der Waals surface area contributed by atoms with E-state index in [9.17, 15) is 0 Å². The van der Waals surface area contributed by atoms with Crippen LogP contribution < -0.4 is 5.73 Å². The minimum atomic E-state index is 0.421. The van der Waals surface area contributed by atoms with E-state index in [1.807, 2.05) is 0 Å². The van der Waals surface area contributed by atoms with E-state index in [0.29, 0.717) is 12.0 Å². The van der Waals surface area contributed by atoms with Crippen LogP contribution in [0.3, 0.4) is 0 Å². The lowest BCUT2D eigenvalue weighted by Gasteiger charge is -2.09. The molecule has 2 nitrogen and oxygen atoms in total.